The number of ether oxygens (including phenoxy) is 1. The number of esters is 1. The molecule has 2 heterocycles. The Bertz CT molecular complexity index is 1120. The normalized spacial score (nSPS) is 18.9. The van der Waals surface area contributed by atoms with Gasteiger partial charge in [0.25, 0.3) is 0 Å². The SMILES string of the molecule is CCC(CC)COC(=O)/C(C#N)=C1\Nc2ccccc2N=C1N1CCNC(c2ccccc2)C1. The number of carbonyl (C=O) groups is 1. The van der Waals surface area contributed by atoms with Crippen LogP contribution in [0.1, 0.15) is 38.3 Å². The van der Waals surface area contributed by atoms with Gasteiger partial charge in [-0.2, -0.15) is 5.26 Å². The van der Waals surface area contributed by atoms with Crippen LogP contribution < -0.4 is 10.6 Å². The van der Waals surface area contributed by atoms with E-state index in [0.29, 0.717) is 31.2 Å². The Morgan fingerprint density at radius 1 is 1.18 bits per heavy atom. The molecular formula is C27H31N5O2. The summed E-state index contributed by atoms with van der Waals surface area (Å²) in [5.74, 6) is 0.262. The number of nitriles is 1. The van der Waals surface area contributed by atoms with E-state index in [1.165, 1.54) is 5.56 Å². The molecule has 176 valence electrons. The molecule has 7 nitrogen and oxygen atoms in total. The van der Waals surface area contributed by atoms with Crippen molar-refractivity contribution >= 4 is 23.2 Å². The third-order valence-corrected chi connectivity index (χ3v) is 6.46. The Balaban J connectivity index is 1.68. The highest BCUT2D eigenvalue weighted by Crippen LogP contribution is 2.33. The van der Waals surface area contributed by atoms with Crippen molar-refractivity contribution in [3.8, 4) is 6.07 Å². The lowest BCUT2D eigenvalue weighted by Gasteiger charge is -2.38. The average molecular weight is 458 g/mol. The average Bonchev–Trinajstić information content (AvgIpc) is 2.90. The Hall–Kier alpha value is -3.63. The second-order valence-electron chi connectivity index (χ2n) is 8.58. The van der Waals surface area contributed by atoms with Gasteiger partial charge in [-0.05, 0) is 23.6 Å². The molecule has 2 aromatic rings. The van der Waals surface area contributed by atoms with Crippen LogP contribution in [-0.4, -0.2) is 42.9 Å². The maximum atomic E-state index is 13.0. The van der Waals surface area contributed by atoms with Crippen LogP contribution in [0.5, 0.6) is 0 Å². The van der Waals surface area contributed by atoms with Crippen LogP contribution in [-0.2, 0) is 9.53 Å². The van der Waals surface area contributed by atoms with Gasteiger partial charge >= 0.3 is 5.97 Å². The summed E-state index contributed by atoms with van der Waals surface area (Å²) in [6.07, 6.45) is 1.84. The molecule has 1 fully saturated rings. The number of hydrogen-bond donors (Lipinski definition) is 2. The van der Waals surface area contributed by atoms with Crippen molar-refractivity contribution in [1.29, 1.82) is 5.26 Å². The largest absolute Gasteiger partial charge is 0.461 e. The molecule has 0 amide bonds. The number of aliphatic imine (C=N–C) groups is 1. The van der Waals surface area contributed by atoms with Crippen LogP contribution in [0.4, 0.5) is 11.4 Å². The van der Waals surface area contributed by atoms with Crippen LogP contribution in [0.15, 0.2) is 70.9 Å². The summed E-state index contributed by atoms with van der Waals surface area (Å²) < 4.78 is 5.56. The molecule has 0 aromatic heterocycles. The lowest BCUT2D eigenvalue weighted by molar-refractivity contribution is -0.140. The Kier molecular flexibility index (Phi) is 7.61. The molecule has 0 radical (unpaired) electrons. The zero-order valence-corrected chi connectivity index (χ0v) is 19.8. The third kappa shape index (κ3) is 5.13. The van der Waals surface area contributed by atoms with Gasteiger partial charge < -0.3 is 20.3 Å². The van der Waals surface area contributed by atoms with E-state index in [4.69, 9.17) is 9.73 Å². The van der Waals surface area contributed by atoms with Crippen molar-refractivity contribution in [3.05, 3.63) is 71.4 Å². The van der Waals surface area contributed by atoms with E-state index < -0.39 is 5.97 Å². The molecule has 0 bridgehead atoms. The standard InChI is InChI=1S/C27H31N5O2/c1-3-19(4-2)18-34-27(33)21(16-28)25-26(31-23-13-9-8-12-22(23)30-25)32-15-14-29-24(17-32)20-10-6-5-7-11-20/h5-13,19,24,29-30H,3-4,14-15,17-18H2,1-2H3/b25-21-. The molecule has 4 rings (SSSR count). The number of piperazine rings is 1. The second-order valence-corrected chi connectivity index (χ2v) is 8.58. The van der Waals surface area contributed by atoms with Gasteiger partial charge in [0.15, 0.2) is 11.4 Å². The van der Waals surface area contributed by atoms with Gasteiger partial charge in [-0.15, -0.1) is 0 Å². The highest BCUT2D eigenvalue weighted by molar-refractivity contribution is 6.12. The number of carbonyl (C=O) groups excluding carboxylic acids is 1. The number of anilines is 1. The first-order valence-electron chi connectivity index (χ1n) is 11.9. The van der Waals surface area contributed by atoms with Crippen molar-refractivity contribution in [1.82, 2.24) is 10.2 Å². The molecule has 2 N–H and O–H groups in total. The first kappa shape index (κ1) is 23.5. The third-order valence-electron chi connectivity index (χ3n) is 6.46. The van der Waals surface area contributed by atoms with Gasteiger partial charge in [0.1, 0.15) is 11.8 Å². The molecular weight excluding hydrogens is 426 g/mol. The van der Waals surface area contributed by atoms with Crippen LogP contribution in [0.3, 0.4) is 0 Å². The fourth-order valence-electron chi connectivity index (χ4n) is 4.29. The number of hydrogen-bond acceptors (Lipinski definition) is 7. The van der Waals surface area contributed by atoms with Crippen molar-refractivity contribution in [2.24, 2.45) is 10.9 Å². The predicted molar refractivity (Wildman–Crippen MR) is 134 cm³/mol. The fourth-order valence-corrected chi connectivity index (χ4v) is 4.29. The number of rotatable bonds is 6. The molecule has 34 heavy (non-hydrogen) atoms. The van der Waals surface area contributed by atoms with Crippen molar-refractivity contribution < 1.29 is 9.53 Å². The smallest absolute Gasteiger partial charge is 0.351 e. The topological polar surface area (TPSA) is 89.8 Å². The lowest BCUT2D eigenvalue weighted by atomic mass is 10.0. The number of nitrogens with zero attached hydrogens (tertiary/aromatic N) is 3. The Morgan fingerprint density at radius 2 is 1.91 bits per heavy atom. The summed E-state index contributed by atoms with van der Waals surface area (Å²) in [5, 5.41) is 16.9. The van der Waals surface area contributed by atoms with Crippen LogP contribution in [0.2, 0.25) is 0 Å². The van der Waals surface area contributed by atoms with Crippen molar-refractivity contribution in [2.45, 2.75) is 32.7 Å². The quantitative estimate of drug-likeness (QED) is 0.376. The van der Waals surface area contributed by atoms with Crippen LogP contribution >= 0.6 is 0 Å². The summed E-state index contributed by atoms with van der Waals surface area (Å²) in [7, 11) is 0. The number of benzene rings is 2. The molecule has 0 spiro atoms. The molecule has 1 atom stereocenters. The van der Waals surface area contributed by atoms with Gasteiger partial charge in [0, 0.05) is 25.7 Å². The number of amidine groups is 1. The van der Waals surface area contributed by atoms with E-state index in [-0.39, 0.29) is 17.5 Å². The maximum Gasteiger partial charge on any atom is 0.351 e. The second kappa shape index (κ2) is 11.0. The number of para-hydroxylation sites is 2. The van der Waals surface area contributed by atoms with Crippen molar-refractivity contribution in [3.63, 3.8) is 0 Å². The first-order chi connectivity index (χ1) is 16.6. The van der Waals surface area contributed by atoms with Gasteiger partial charge in [0.2, 0.25) is 0 Å². The van der Waals surface area contributed by atoms with E-state index in [2.05, 4.69) is 47.6 Å². The maximum absolute atomic E-state index is 13.0. The van der Waals surface area contributed by atoms with Crippen LogP contribution in [0, 0.1) is 17.2 Å². The Labute approximate surface area is 201 Å². The summed E-state index contributed by atoms with van der Waals surface area (Å²) >= 11 is 0. The van der Waals surface area contributed by atoms with Gasteiger partial charge in [0.05, 0.1) is 18.0 Å². The lowest BCUT2D eigenvalue weighted by Crippen LogP contribution is -2.50. The minimum absolute atomic E-state index is 0.0472. The molecule has 2 aliphatic heterocycles. The molecule has 0 saturated carbocycles. The minimum atomic E-state index is -0.612. The van der Waals surface area contributed by atoms with E-state index in [9.17, 15) is 10.1 Å². The molecule has 2 aliphatic rings. The van der Waals surface area contributed by atoms with Gasteiger partial charge in [-0.1, -0.05) is 69.2 Å². The van der Waals surface area contributed by atoms with Crippen molar-refractivity contribution in [2.75, 3.05) is 31.6 Å². The summed E-state index contributed by atoms with van der Waals surface area (Å²) in [5.41, 5.74) is 3.08. The van der Waals surface area contributed by atoms with Gasteiger partial charge in [-0.25, -0.2) is 9.79 Å². The zero-order valence-electron chi connectivity index (χ0n) is 19.8. The van der Waals surface area contributed by atoms with E-state index in [1.807, 2.05) is 42.5 Å². The Morgan fingerprint density at radius 3 is 2.65 bits per heavy atom. The minimum Gasteiger partial charge on any atom is -0.461 e. The van der Waals surface area contributed by atoms with E-state index in [0.717, 1.165) is 30.8 Å². The molecule has 1 saturated heterocycles. The number of nitrogens with one attached hydrogen (secondary N) is 2. The highest BCUT2D eigenvalue weighted by Gasteiger charge is 2.31. The number of fused-ring (bicyclic) bond motifs is 1. The highest BCUT2D eigenvalue weighted by atomic mass is 16.5. The molecule has 0 aliphatic carbocycles. The fraction of sp³-hybridized carbons (Fsp3) is 0.370. The van der Waals surface area contributed by atoms with E-state index in [1.54, 1.807) is 0 Å². The monoisotopic (exact) mass is 457 g/mol. The molecule has 2 aromatic carbocycles. The predicted octanol–water partition coefficient (Wildman–Crippen LogP) is 4.55. The molecule has 1 unspecified atom stereocenters. The van der Waals surface area contributed by atoms with Crippen LogP contribution in [0.25, 0.3) is 0 Å². The summed E-state index contributed by atoms with van der Waals surface area (Å²) in [6.45, 7) is 6.58. The van der Waals surface area contributed by atoms with Gasteiger partial charge in [-0.3, -0.25) is 0 Å². The zero-order chi connectivity index (χ0) is 23.9. The summed E-state index contributed by atoms with van der Waals surface area (Å²) in [4.78, 5) is 20.0. The molecule has 7 heteroatoms. The first-order valence-corrected chi connectivity index (χ1v) is 11.9. The summed E-state index contributed by atoms with van der Waals surface area (Å²) in [6, 6.07) is 20.1. The van der Waals surface area contributed by atoms with E-state index >= 15 is 0 Å².